The molecule has 0 aromatic heterocycles. The minimum absolute atomic E-state index is 0.159. The first-order valence-electron chi connectivity index (χ1n) is 5.34. The van der Waals surface area contributed by atoms with Crippen molar-refractivity contribution in [2.45, 2.75) is 58.8 Å². The summed E-state index contributed by atoms with van der Waals surface area (Å²) in [5, 5.41) is 9.67. The van der Waals surface area contributed by atoms with Gasteiger partial charge in [0.2, 0.25) is 0 Å². The van der Waals surface area contributed by atoms with E-state index in [1.54, 1.807) is 0 Å². The maximum absolute atomic E-state index is 9.67. The maximum atomic E-state index is 9.67. The minimum Gasteiger partial charge on any atom is -0.393 e. The number of hydrogen-bond acceptors (Lipinski definition) is 2. The Morgan fingerprint density at radius 1 is 1.00 bits per heavy atom. The Labute approximate surface area is 81.3 Å². The molecular weight excluding hydrogens is 164 g/mol. The number of ether oxygens (including phenoxy) is 1. The molecule has 0 radical (unpaired) electrons. The predicted molar refractivity (Wildman–Crippen MR) is 53.6 cm³/mol. The van der Waals surface area contributed by atoms with E-state index in [0.717, 1.165) is 12.8 Å². The second-order valence-corrected chi connectivity index (χ2v) is 4.83. The normalized spacial score (nSPS) is 35.8. The number of rotatable bonds is 2. The van der Waals surface area contributed by atoms with Gasteiger partial charge >= 0.3 is 0 Å². The Bertz CT molecular complexity index is 138. The number of aliphatic hydroxyl groups is 1. The zero-order valence-electron chi connectivity index (χ0n) is 9.16. The van der Waals surface area contributed by atoms with Crippen LogP contribution in [0.4, 0.5) is 0 Å². The lowest BCUT2D eigenvalue weighted by Gasteiger charge is -2.37. The maximum Gasteiger partial charge on any atom is 0.0626 e. The van der Waals surface area contributed by atoms with Crippen LogP contribution in [0.15, 0.2) is 0 Å². The second kappa shape index (κ2) is 4.43. The van der Waals surface area contributed by atoms with E-state index in [2.05, 4.69) is 27.7 Å². The van der Waals surface area contributed by atoms with Gasteiger partial charge in [-0.3, -0.25) is 0 Å². The molecule has 0 saturated carbocycles. The van der Waals surface area contributed by atoms with E-state index in [-0.39, 0.29) is 18.3 Å². The third-order valence-electron chi connectivity index (χ3n) is 2.85. The standard InChI is InChI=1S/C11H22O2/c1-7(2)10-5-9(12)6-11(13-10)8(3)4/h7-12H,5-6H2,1-4H3. The summed E-state index contributed by atoms with van der Waals surface area (Å²) in [5.74, 6) is 1.02. The lowest BCUT2D eigenvalue weighted by molar-refractivity contribution is -0.127. The Balaban J connectivity index is 2.52. The molecule has 1 heterocycles. The summed E-state index contributed by atoms with van der Waals surface area (Å²) >= 11 is 0. The van der Waals surface area contributed by atoms with Crippen LogP contribution < -0.4 is 0 Å². The van der Waals surface area contributed by atoms with Crippen LogP contribution >= 0.6 is 0 Å². The van der Waals surface area contributed by atoms with Crippen LogP contribution in [0.2, 0.25) is 0 Å². The molecule has 2 unspecified atom stereocenters. The van der Waals surface area contributed by atoms with Gasteiger partial charge < -0.3 is 9.84 Å². The molecule has 0 aromatic rings. The van der Waals surface area contributed by atoms with E-state index < -0.39 is 0 Å². The van der Waals surface area contributed by atoms with E-state index in [1.165, 1.54) is 0 Å². The van der Waals surface area contributed by atoms with Crippen molar-refractivity contribution in [2.75, 3.05) is 0 Å². The summed E-state index contributed by atoms with van der Waals surface area (Å²) in [6.07, 6.45) is 1.95. The molecule has 2 nitrogen and oxygen atoms in total. The lowest BCUT2D eigenvalue weighted by Crippen LogP contribution is -2.40. The van der Waals surface area contributed by atoms with Crippen LogP contribution in [-0.4, -0.2) is 23.4 Å². The molecule has 78 valence electrons. The van der Waals surface area contributed by atoms with Crippen molar-refractivity contribution in [1.82, 2.24) is 0 Å². The summed E-state index contributed by atoms with van der Waals surface area (Å²) in [5.41, 5.74) is 0. The molecule has 0 aromatic carbocycles. The molecule has 2 heteroatoms. The van der Waals surface area contributed by atoms with E-state index >= 15 is 0 Å². The van der Waals surface area contributed by atoms with Crippen molar-refractivity contribution in [2.24, 2.45) is 11.8 Å². The molecule has 1 rings (SSSR count). The van der Waals surface area contributed by atoms with Gasteiger partial charge in [0.1, 0.15) is 0 Å². The Morgan fingerprint density at radius 3 is 1.69 bits per heavy atom. The average molecular weight is 186 g/mol. The fraction of sp³-hybridized carbons (Fsp3) is 1.00. The molecule has 1 saturated heterocycles. The van der Waals surface area contributed by atoms with Gasteiger partial charge in [-0.2, -0.15) is 0 Å². The first-order valence-corrected chi connectivity index (χ1v) is 5.34. The molecule has 1 aliphatic heterocycles. The zero-order valence-corrected chi connectivity index (χ0v) is 9.16. The van der Waals surface area contributed by atoms with Gasteiger partial charge in [0.15, 0.2) is 0 Å². The van der Waals surface area contributed by atoms with Gasteiger partial charge in [-0.05, 0) is 24.7 Å². The molecular formula is C11H22O2. The van der Waals surface area contributed by atoms with Gasteiger partial charge in [-0.15, -0.1) is 0 Å². The highest BCUT2D eigenvalue weighted by Crippen LogP contribution is 2.27. The first-order chi connectivity index (χ1) is 6.00. The van der Waals surface area contributed by atoms with Gasteiger partial charge in [-0.1, -0.05) is 27.7 Å². The van der Waals surface area contributed by atoms with Crippen LogP contribution in [0, 0.1) is 11.8 Å². The monoisotopic (exact) mass is 186 g/mol. The van der Waals surface area contributed by atoms with E-state index in [0.29, 0.717) is 11.8 Å². The Kier molecular flexibility index (Phi) is 3.74. The lowest BCUT2D eigenvalue weighted by atomic mass is 9.90. The smallest absolute Gasteiger partial charge is 0.0626 e. The molecule has 13 heavy (non-hydrogen) atoms. The van der Waals surface area contributed by atoms with Crippen molar-refractivity contribution < 1.29 is 9.84 Å². The number of aliphatic hydroxyl groups excluding tert-OH is 1. The molecule has 1 aliphatic rings. The van der Waals surface area contributed by atoms with Crippen LogP contribution in [-0.2, 0) is 4.74 Å². The van der Waals surface area contributed by atoms with Crippen molar-refractivity contribution in [3.8, 4) is 0 Å². The fourth-order valence-electron chi connectivity index (χ4n) is 1.83. The highest BCUT2D eigenvalue weighted by Gasteiger charge is 2.31. The first kappa shape index (κ1) is 11.0. The molecule has 1 N–H and O–H groups in total. The van der Waals surface area contributed by atoms with E-state index in [1.807, 2.05) is 0 Å². The fourth-order valence-corrected chi connectivity index (χ4v) is 1.83. The molecule has 2 atom stereocenters. The molecule has 0 spiro atoms. The van der Waals surface area contributed by atoms with Crippen LogP contribution in [0.25, 0.3) is 0 Å². The van der Waals surface area contributed by atoms with Crippen LogP contribution in [0.1, 0.15) is 40.5 Å². The molecule has 0 bridgehead atoms. The predicted octanol–water partition coefficient (Wildman–Crippen LogP) is 2.21. The SMILES string of the molecule is CC(C)C1CC(O)CC(C(C)C)O1. The molecule has 0 amide bonds. The summed E-state index contributed by atoms with van der Waals surface area (Å²) in [6.45, 7) is 8.61. The second-order valence-electron chi connectivity index (χ2n) is 4.83. The molecule has 1 fully saturated rings. The topological polar surface area (TPSA) is 29.5 Å². The summed E-state index contributed by atoms with van der Waals surface area (Å²) in [4.78, 5) is 0. The number of hydrogen-bond donors (Lipinski definition) is 1. The van der Waals surface area contributed by atoms with Crippen molar-refractivity contribution in [3.63, 3.8) is 0 Å². The van der Waals surface area contributed by atoms with Gasteiger partial charge in [0, 0.05) is 0 Å². The summed E-state index contributed by atoms with van der Waals surface area (Å²) in [7, 11) is 0. The average Bonchev–Trinajstić information content (AvgIpc) is 2.03. The minimum atomic E-state index is -0.159. The van der Waals surface area contributed by atoms with Crippen LogP contribution in [0.3, 0.4) is 0 Å². The van der Waals surface area contributed by atoms with Gasteiger partial charge in [0.25, 0.3) is 0 Å². The van der Waals surface area contributed by atoms with Crippen LogP contribution in [0.5, 0.6) is 0 Å². The highest BCUT2D eigenvalue weighted by molar-refractivity contribution is 4.80. The molecule has 0 aliphatic carbocycles. The van der Waals surface area contributed by atoms with Crippen molar-refractivity contribution >= 4 is 0 Å². The third kappa shape index (κ3) is 2.96. The van der Waals surface area contributed by atoms with Gasteiger partial charge in [-0.25, -0.2) is 0 Å². The largest absolute Gasteiger partial charge is 0.393 e. The quantitative estimate of drug-likeness (QED) is 0.716. The zero-order chi connectivity index (χ0) is 10.0. The summed E-state index contributed by atoms with van der Waals surface area (Å²) in [6, 6.07) is 0. The third-order valence-corrected chi connectivity index (χ3v) is 2.85. The van der Waals surface area contributed by atoms with Crippen molar-refractivity contribution in [3.05, 3.63) is 0 Å². The Hall–Kier alpha value is -0.0800. The van der Waals surface area contributed by atoms with Crippen molar-refractivity contribution in [1.29, 1.82) is 0 Å². The highest BCUT2D eigenvalue weighted by atomic mass is 16.5. The van der Waals surface area contributed by atoms with E-state index in [4.69, 9.17) is 4.74 Å². The summed E-state index contributed by atoms with van der Waals surface area (Å²) < 4.78 is 5.92. The Morgan fingerprint density at radius 2 is 1.38 bits per heavy atom. The van der Waals surface area contributed by atoms with Gasteiger partial charge in [0.05, 0.1) is 18.3 Å². The van der Waals surface area contributed by atoms with E-state index in [9.17, 15) is 5.11 Å².